The lowest BCUT2D eigenvalue weighted by Crippen LogP contribution is -2.28. The number of nitrogen functional groups attached to an aromatic ring is 1. The highest BCUT2D eigenvalue weighted by Gasteiger charge is 2.19. The quantitative estimate of drug-likeness (QED) is 0.484. The minimum Gasteiger partial charge on any atom is -0.334 e. The number of anilines is 1. The van der Waals surface area contributed by atoms with Crippen molar-refractivity contribution in [1.29, 1.82) is 0 Å². The fourth-order valence-corrected chi connectivity index (χ4v) is 3.92. The number of amides is 1. The zero-order valence-electron chi connectivity index (χ0n) is 13.4. The monoisotopic (exact) mass is 360 g/mol. The van der Waals surface area contributed by atoms with Gasteiger partial charge in [0.25, 0.3) is 11.5 Å². The molecule has 0 aliphatic rings. The normalized spacial score (nSPS) is 11.0. The number of fused-ring (bicyclic) bond motifs is 1. The van der Waals surface area contributed by atoms with Crippen LogP contribution in [0.1, 0.15) is 26.4 Å². The number of nitrogens with one attached hydrogen (secondary N) is 2. The van der Waals surface area contributed by atoms with Crippen LogP contribution in [0.3, 0.4) is 0 Å². The van der Waals surface area contributed by atoms with Crippen molar-refractivity contribution in [2.75, 3.05) is 11.2 Å². The van der Waals surface area contributed by atoms with Crippen LogP contribution < -0.4 is 16.7 Å². The molecule has 0 aliphatic carbocycles. The van der Waals surface area contributed by atoms with Crippen molar-refractivity contribution in [1.82, 2.24) is 9.66 Å². The first-order chi connectivity index (χ1) is 11.3. The summed E-state index contributed by atoms with van der Waals surface area (Å²) in [5.74, 6) is 5.37. The minimum absolute atomic E-state index is 0.120. The number of hydrogen-bond donors (Lipinski definition) is 3. The first-order valence-corrected chi connectivity index (χ1v) is 8.44. The topological polar surface area (TPSA) is 92.9 Å². The van der Waals surface area contributed by atoms with E-state index in [1.54, 1.807) is 6.92 Å². The summed E-state index contributed by atoms with van der Waals surface area (Å²) in [6.45, 7) is 5.66. The number of aryl methyl sites for hydroxylation is 3. The molecule has 2 heterocycles. The van der Waals surface area contributed by atoms with Crippen LogP contribution >= 0.6 is 23.6 Å². The average molecular weight is 360 g/mol. The second-order valence-corrected chi connectivity index (χ2v) is 7.05. The maximum atomic E-state index is 12.6. The molecule has 8 heteroatoms. The second-order valence-electron chi connectivity index (χ2n) is 5.64. The molecule has 0 saturated carbocycles. The Balaban J connectivity index is 2.08. The smallest absolute Gasteiger partial charge is 0.281 e. The van der Waals surface area contributed by atoms with Gasteiger partial charge in [-0.05, 0) is 50.2 Å². The van der Waals surface area contributed by atoms with Gasteiger partial charge in [-0.15, -0.1) is 11.3 Å². The van der Waals surface area contributed by atoms with E-state index in [0.29, 0.717) is 20.7 Å². The van der Waals surface area contributed by atoms with Crippen molar-refractivity contribution in [3.63, 3.8) is 0 Å². The third kappa shape index (κ3) is 2.63. The van der Waals surface area contributed by atoms with Crippen molar-refractivity contribution < 1.29 is 4.79 Å². The Labute approximate surface area is 146 Å². The summed E-state index contributed by atoms with van der Waals surface area (Å²) in [6, 6.07) is 5.80. The predicted molar refractivity (Wildman–Crippen MR) is 100 cm³/mol. The number of carbonyl (C=O) groups is 1. The van der Waals surface area contributed by atoms with Crippen molar-refractivity contribution in [2.24, 2.45) is 0 Å². The summed E-state index contributed by atoms with van der Waals surface area (Å²) in [7, 11) is 0. The lowest BCUT2D eigenvalue weighted by Gasteiger charge is -2.08. The van der Waals surface area contributed by atoms with Crippen LogP contribution in [0.5, 0.6) is 0 Å². The maximum absolute atomic E-state index is 12.6. The Morgan fingerprint density at radius 1 is 1.33 bits per heavy atom. The maximum Gasteiger partial charge on any atom is 0.281 e. The molecule has 3 aromatic rings. The van der Waals surface area contributed by atoms with E-state index >= 15 is 0 Å². The largest absolute Gasteiger partial charge is 0.334 e. The molecule has 3 rings (SSSR count). The summed E-state index contributed by atoms with van der Waals surface area (Å²) in [5, 5.41) is 3.29. The molecule has 24 heavy (non-hydrogen) atoms. The zero-order chi connectivity index (χ0) is 17.6. The molecule has 0 radical (unpaired) electrons. The molecule has 0 fully saturated rings. The minimum atomic E-state index is -0.409. The molecule has 1 aromatic carbocycles. The molecule has 0 aliphatic heterocycles. The molecule has 0 atom stereocenters. The van der Waals surface area contributed by atoms with Crippen LogP contribution in [0.4, 0.5) is 5.69 Å². The number of carbonyl (C=O) groups excluding carboxylic acids is 1. The zero-order valence-corrected chi connectivity index (χ0v) is 15.0. The Bertz CT molecular complexity index is 1090. The average Bonchev–Trinajstić information content (AvgIpc) is 2.84. The van der Waals surface area contributed by atoms with E-state index in [1.165, 1.54) is 11.3 Å². The number of thiophene rings is 1. The Kier molecular flexibility index (Phi) is 4.02. The van der Waals surface area contributed by atoms with Crippen LogP contribution in [0.15, 0.2) is 23.0 Å². The molecular weight excluding hydrogens is 344 g/mol. The molecule has 2 aromatic heterocycles. The van der Waals surface area contributed by atoms with Crippen LogP contribution in [-0.4, -0.2) is 15.6 Å². The fraction of sp³-hybridized carbons (Fsp3) is 0.188. The number of H-pyrrole nitrogens is 1. The highest BCUT2D eigenvalue weighted by molar-refractivity contribution is 7.71. The van der Waals surface area contributed by atoms with Gasteiger partial charge in [0.2, 0.25) is 0 Å². The number of benzene rings is 1. The third-order valence-electron chi connectivity index (χ3n) is 3.86. The van der Waals surface area contributed by atoms with E-state index in [4.69, 9.17) is 18.1 Å². The summed E-state index contributed by atoms with van der Waals surface area (Å²) < 4.78 is 0.999. The Morgan fingerprint density at radius 2 is 2.04 bits per heavy atom. The second kappa shape index (κ2) is 5.88. The summed E-state index contributed by atoms with van der Waals surface area (Å²) in [4.78, 5) is 28.8. The molecule has 0 unspecified atom stereocenters. The molecule has 0 bridgehead atoms. The molecule has 0 spiro atoms. The van der Waals surface area contributed by atoms with E-state index in [0.717, 1.165) is 21.5 Å². The first-order valence-electron chi connectivity index (χ1n) is 7.21. The number of aromatic amines is 1. The number of hydrogen-bond acceptors (Lipinski definition) is 5. The molecule has 4 N–H and O–H groups in total. The van der Waals surface area contributed by atoms with Crippen LogP contribution in [0.2, 0.25) is 0 Å². The highest BCUT2D eigenvalue weighted by Crippen LogP contribution is 2.28. The Morgan fingerprint density at radius 3 is 2.71 bits per heavy atom. The van der Waals surface area contributed by atoms with Crippen molar-refractivity contribution in [3.8, 4) is 0 Å². The third-order valence-corrected chi connectivity index (χ3v) is 5.36. The van der Waals surface area contributed by atoms with E-state index in [1.807, 2.05) is 32.0 Å². The summed E-state index contributed by atoms with van der Waals surface area (Å²) >= 11 is 6.20. The lowest BCUT2D eigenvalue weighted by atomic mass is 10.1. The van der Waals surface area contributed by atoms with E-state index in [-0.39, 0.29) is 10.7 Å². The van der Waals surface area contributed by atoms with Crippen molar-refractivity contribution in [2.45, 2.75) is 20.8 Å². The van der Waals surface area contributed by atoms with Gasteiger partial charge in [-0.25, -0.2) is 0 Å². The van der Waals surface area contributed by atoms with Crippen LogP contribution in [0.25, 0.3) is 10.2 Å². The van der Waals surface area contributed by atoms with Gasteiger partial charge in [0.1, 0.15) is 4.83 Å². The number of nitrogens with two attached hydrogens (primary N) is 1. The standard InChI is InChI=1S/C16H16N4O2S2/c1-7-4-5-10(8(2)6-7)18-13(21)12-9(3)11-14(24-12)19-16(23)20(17)15(11)22/h4-6H,17H2,1-3H3,(H,18,21)(H,19,23). The predicted octanol–water partition coefficient (Wildman–Crippen LogP) is 3.01. The number of rotatable bonds is 2. The molecule has 0 saturated heterocycles. The van der Waals surface area contributed by atoms with Gasteiger partial charge in [-0.1, -0.05) is 17.7 Å². The van der Waals surface area contributed by atoms with Gasteiger partial charge < -0.3 is 16.1 Å². The van der Waals surface area contributed by atoms with Crippen molar-refractivity contribution in [3.05, 3.63) is 54.9 Å². The van der Waals surface area contributed by atoms with Gasteiger partial charge >= 0.3 is 0 Å². The fourth-order valence-electron chi connectivity index (χ4n) is 2.58. The van der Waals surface area contributed by atoms with Gasteiger partial charge in [-0.2, -0.15) is 4.68 Å². The van der Waals surface area contributed by atoms with Gasteiger partial charge in [0.15, 0.2) is 4.77 Å². The lowest BCUT2D eigenvalue weighted by molar-refractivity contribution is 0.103. The van der Waals surface area contributed by atoms with Crippen LogP contribution in [-0.2, 0) is 0 Å². The van der Waals surface area contributed by atoms with E-state index < -0.39 is 5.56 Å². The van der Waals surface area contributed by atoms with Crippen molar-refractivity contribution >= 4 is 45.4 Å². The summed E-state index contributed by atoms with van der Waals surface area (Å²) in [5.41, 5.74) is 3.03. The van der Waals surface area contributed by atoms with E-state index in [2.05, 4.69) is 10.3 Å². The molecule has 6 nitrogen and oxygen atoms in total. The van der Waals surface area contributed by atoms with Crippen LogP contribution in [0, 0.1) is 25.5 Å². The summed E-state index contributed by atoms with van der Waals surface area (Å²) in [6.07, 6.45) is 0. The first kappa shape index (κ1) is 16.4. The molecular formula is C16H16N4O2S2. The highest BCUT2D eigenvalue weighted by atomic mass is 32.1. The van der Waals surface area contributed by atoms with Gasteiger partial charge in [-0.3, -0.25) is 9.59 Å². The number of nitrogens with zero attached hydrogens (tertiary/aromatic N) is 1. The molecule has 124 valence electrons. The molecule has 1 amide bonds. The SMILES string of the molecule is Cc1ccc(NC(=O)c2sc3[nH]c(=S)n(N)c(=O)c3c2C)c(C)c1. The number of aromatic nitrogens is 2. The van der Waals surface area contributed by atoms with Gasteiger partial charge in [0, 0.05) is 5.69 Å². The Hall–Kier alpha value is -2.45. The van der Waals surface area contributed by atoms with Gasteiger partial charge in [0.05, 0.1) is 10.3 Å². The van der Waals surface area contributed by atoms with E-state index in [9.17, 15) is 9.59 Å².